The van der Waals surface area contributed by atoms with E-state index in [4.69, 9.17) is 5.73 Å². The molecule has 1 aliphatic rings. The Morgan fingerprint density at radius 1 is 1.15 bits per heavy atom. The maximum Gasteiger partial charge on any atom is 0.124 e. The van der Waals surface area contributed by atoms with Crippen LogP contribution in [0.2, 0.25) is 0 Å². The van der Waals surface area contributed by atoms with Gasteiger partial charge in [0.15, 0.2) is 0 Å². The fraction of sp³-hybridized carbons (Fsp3) is 0.400. The maximum atomic E-state index is 13.6. The summed E-state index contributed by atoms with van der Waals surface area (Å²) in [6.45, 7) is 2.03. The second-order valence-corrected chi connectivity index (χ2v) is 5.29. The zero-order chi connectivity index (χ0) is 14.1. The van der Waals surface area contributed by atoms with Crippen LogP contribution in [-0.4, -0.2) is 22.9 Å². The van der Waals surface area contributed by atoms with E-state index in [1.54, 1.807) is 23.9 Å². The van der Waals surface area contributed by atoms with Gasteiger partial charge in [-0.15, -0.1) is 0 Å². The van der Waals surface area contributed by atoms with Crippen LogP contribution in [-0.2, 0) is 7.05 Å². The molecule has 3 rings (SSSR count). The van der Waals surface area contributed by atoms with Gasteiger partial charge in [-0.05, 0) is 37.5 Å². The highest BCUT2D eigenvalue weighted by atomic mass is 19.1. The topological polar surface area (TPSA) is 47.1 Å². The summed E-state index contributed by atoms with van der Waals surface area (Å²) in [5, 5.41) is 4.38. The predicted octanol–water partition coefficient (Wildman–Crippen LogP) is 2.80. The number of hydrogen-bond acceptors (Lipinski definition) is 3. The zero-order valence-electron chi connectivity index (χ0n) is 11.6. The molecule has 20 heavy (non-hydrogen) atoms. The van der Waals surface area contributed by atoms with Gasteiger partial charge in [0, 0.05) is 37.5 Å². The summed E-state index contributed by atoms with van der Waals surface area (Å²) >= 11 is 0. The molecule has 1 aromatic carbocycles. The number of rotatable bonds is 2. The first-order valence-electron chi connectivity index (χ1n) is 6.99. The van der Waals surface area contributed by atoms with E-state index in [2.05, 4.69) is 10.00 Å². The largest absolute Gasteiger partial charge is 0.384 e. The molecule has 106 valence electrons. The Labute approximate surface area is 118 Å². The van der Waals surface area contributed by atoms with Gasteiger partial charge >= 0.3 is 0 Å². The number of nitrogen functional groups attached to an aromatic ring is 1. The minimum Gasteiger partial charge on any atom is -0.384 e. The summed E-state index contributed by atoms with van der Waals surface area (Å²) < 4.78 is 15.2. The van der Waals surface area contributed by atoms with Gasteiger partial charge in [0.1, 0.15) is 11.6 Å². The molecule has 1 aromatic heterocycles. The van der Waals surface area contributed by atoms with E-state index in [0.29, 0.717) is 5.82 Å². The SMILES string of the molecule is Cn1nc(-c2cc(F)ccc2N2CCCCC2)cc1N. The number of aromatic nitrogens is 2. The monoisotopic (exact) mass is 274 g/mol. The molecule has 1 saturated heterocycles. The van der Waals surface area contributed by atoms with E-state index in [0.717, 1.165) is 30.0 Å². The van der Waals surface area contributed by atoms with Crippen LogP contribution < -0.4 is 10.6 Å². The summed E-state index contributed by atoms with van der Waals surface area (Å²) in [6.07, 6.45) is 3.63. The van der Waals surface area contributed by atoms with E-state index in [-0.39, 0.29) is 5.82 Å². The molecule has 0 unspecified atom stereocenters. The van der Waals surface area contributed by atoms with Crippen LogP contribution in [0.4, 0.5) is 15.9 Å². The first-order valence-corrected chi connectivity index (χ1v) is 6.99. The van der Waals surface area contributed by atoms with Gasteiger partial charge in [0.2, 0.25) is 0 Å². The summed E-state index contributed by atoms with van der Waals surface area (Å²) in [7, 11) is 1.79. The Balaban J connectivity index is 2.05. The van der Waals surface area contributed by atoms with Crippen molar-refractivity contribution < 1.29 is 4.39 Å². The Bertz CT molecular complexity index is 595. The molecule has 0 aliphatic carbocycles. The molecule has 0 amide bonds. The van der Waals surface area contributed by atoms with Crippen LogP contribution in [0.3, 0.4) is 0 Å². The molecule has 0 bridgehead atoms. The second kappa shape index (κ2) is 5.15. The average molecular weight is 274 g/mol. The summed E-state index contributed by atoms with van der Waals surface area (Å²) in [4.78, 5) is 2.31. The molecule has 1 fully saturated rings. The molecule has 5 heteroatoms. The quantitative estimate of drug-likeness (QED) is 0.916. The van der Waals surface area contributed by atoms with Crippen molar-refractivity contribution in [2.24, 2.45) is 7.05 Å². The lowest BCUT2D eigenvalue weighted by Gasteiger charge is -2.30. The van der Waals surface area contributed by atoms with Gasteiger partial charge in [-0.2, -0.15) is 5.10 Å². The number of aryl methyl sites for hydroxylation is 1. The number of nitrogens with two attached hydrogens (primary N) is 1. The van der Waals surface area contributed by atoms with Crippen molar-refractivity contribution in [1.29, 1.82) is 0 Å². The maximum absolute atomic E-state index is 13.6. The van der Waals surface area contributed by atoms with Crippen molar-refractivity contribution in [1.82, 2.24) is 9.78 Å². The third-order valence-corrected chi connectivity index (χ3v) is 3.85. The van der Waals surface area contributed by atoms with Crippen molar-refractivity contribution in [3.63, 3.8) is 0 Å². The number of hydrogen-bond donors (Lipinski definition) is 1. The van der Waals surface area contributed by atoms with Crippen LogP contribution in [0.15, 0.2) is 24.3 Å². The number of anilines is 2. The molecule has 1 aliphatic heterocycles. The van der Waals surface area contributed by atoms with E-state index in [1.165, 1.54) is 25.3 Å². The molecule has 0 radical (unpaired) electrons. The summed E-state index contributed by atoms with van der Waals surface area (Å²) in [5.74, 6) is 0.332. The minimum absolute atomic E-state index is 0.245. The minimum atomic E-state index is -0.245. The van der Waals surface area contributed by atoms with Gasteiger partial charge in [0.25, 0.3) is 0 Å². The van der Waals surface area contributed by atoms with Gasteiger partial charge in [0.05, 0.1) is 5.69 Å². The van der Waals surface area contributed by atoms with E-state index >= 15 is 0 Å². The molecule has 2 heterocycles. The predicted molar refractivity (Wildman–Crippen MR) is 79.1 cm³/mol. The van der Waals surface area contributed by atoms with Crippen molar-refractivity contribution in [2.75, 3.05) is 23.7 Å². The smallest absolute Gasteiger partial charge is 0.124 e. The normalized spacial score (nSPS) is 15.6. The van der Waals surface area contributed by atoms with Crippen molar-refractivity contribution >= 4 is 11.5 Å². The molecule has 2 N–H and O–H groups in total. The van der Waals surface area contributed by atoms with E-state index < -0.39 is 0 Å². The van der Waals surface area contributed by atoms with Crippen LogP contribution >= 0.6 is 0 Å². The van der Waals surface area contributed by atoms with Crippen molar-refractivity contribution in [2.45, 2.75) is 19.3 Å². The highest BCUT2D eigenvalue weighted by molar-refractivity contribution is 5.77. The second-order valence-electron chi connectivity index (χ2n) is 5.29. The Hall–Kier alpha value is -2.04. The lowest BCUT2D eigenvalue weighted by Crippen LogP contribution is -2.29. The van der Waals surface area contributed by atoms with E-state index in [1.807, 2.05) is 6.07 Å². The molecular weight excluding hydrogens is 255 g/mol. The number of nitrogens with zero attached hydrogens (tertiary/aromatic N) is 3. The molecule has 0 atom stereocenters. The van der Waals surface area contributed by atoms with E-state index in [9.17, 15) is 4.39 Å². The Morgan fingerprint density at radius 2 is 1.90 bits per heavy atom. The lowest BCUT2D eigenvalue weighted by molar-refractivity contribution is 0.577. The Morgan fingerprint density at radius 3 is 2.55 bits per heavy atom. The standard InChI is InChI=1S/C15H19FN4/c1-19-15(17)10-13(18-19)12-9-11(16)5-6-14(12)20-7-3-2-4-8-20/h5-6,9-10H,2-4,7-8,17H2,1H3. The molecule has 0 spiro atoms. The number of piperidine rings is 1. The fourth-order valence-electron chi connectivity index (χ4n) is 2.74. The third kappa shape index (κ3) is 2.35. The fourth-order valence-corrected chi connectivity index (χ4v) is 2.74. The highest BCUT2D eigenvalue weighted by Crippen LogP contribution is 2.33. The molecule has 2 aromatic rings. The first kappa shape index (κ1) is 13.0. The Kier molecular flexibility index (Phi) is 3.34. The third-order valence-electron chi connectivity index (χ3n) is 3.85. The first-order chi connectivity index (χ1) is 9.65. The summed E-state index contributed by atoms with van der Waals surface area (Å²) in [6, 6.07) is 6.70. The molecular formula is C15H19FN4. The van der Waals surface area contributed by atoms with Gasteiger partial charge in [-0.25, -0.2) is 4.39 Å². The van der Waals surface area contributed by atoms with Crippen LogP contribution in [0.1, 0.15) is 19.3 Å². The lowest BCUT2D eigenvalue weighted by atomic mass is 10.0. The van der Waals surface area contributed by atoms with Crippen molar-refractivity contribution in [3.8, 4) is 11.3 Å². The zero-order valence-corrected chi connectivity index (χ0v) is 11.6. The molecule has 4 nitrogen and oxygen atoms in total. The van der Waals surface area contributed by atoms with Crippen molar-refractivity contribution in [3.05, 3.63) is 30.1 Å². The molecule has 0 saturated carbocycles. The van der Waals surface area contributed by atoms with Gasteiger partial charge < -0.3 is 10.6 Å². The van der Waals surface area contributed by atoms with Gasteiger partial charge in [-0.1, -0.05) is 0 Å². The van der Waals surface area contributed by atoms with Gasteiger partial charge in [-0.3, -0.25) is 4.68 Å². The van der Waals surface area contributed by atoms with Crippen LogP contribution in [0.25, 0.3) is 11.3 Å². The number of benzene rings is 1. The van der Waals surface area contributed by atoms with Crippen LogP contribution in [0, 0.1) is 5.82 Å². The average Bonchev–Trinajstić information content (AvgIpc) is 2.79. The summed E-state index contributed by atoms with van der Waals surface area (Å²) in [5.41, 5.74) is 8.43. The highest BCUT2D eigenvalue weighted by Gasteiger charge is 2.18. The number of halogens is 1. The van der Waals surface area contributed by atoms with Crippen LogP contribution in [0.5, 0.6) is 0 Å².